The van der Waals surface area contributed by atoms with Crippen molar-refractivity contribution in [3.63, 3.8) is 0 Å². The number of ether oxygens (including phenoxy) is 1. The highest BCUT2D eigenvalue weighted by Gasteiger charge is 2.30. The first-order chi connectivity index (χ1) is 11.3. The molecule has 0 aliphatic carbocycles. The molecule has 0 amide bonds. The highest BCUT2D eigenvalue weighted by molar-refractivity contribution is 5.95. The maximum atomic E-state index is 11.7. The molecule has 1 rings (SSSR count). The Labute approximate surface area is 143 Å². The fourth-order valence-corrected chi connectivity index (χ4v) is 2.69. The van der Waals surface area contributed by atoms with Crippen LogP contribution < -0.4 is 0 Å². The largest absolute Gasteiger partial charge is 0.478 e. The van der Waals surface area contributed by atoms with Gasteiger partial charge in [-0.3, -0.25) is 0 Å². The van der Waals surface area contributed by atoms with Crippen LogP contribution in [0.2, 0.25) is 0 Å². The Balaban J connectivity index is 2.61. The number of hydrogen-bond acceptors (Lipinski definition) is 4. The van der Waals surface area contributed by atoms with Gasteiger partial charge in [-0.1, -0.05) is 45.6 Å². The van der Waals surface area contributed by atoms with E-state index in [9.17, 15) is 14.7 Å². The fraction of sp³-hybridized carbons (Fsp3) is 0.579. The van der Waals surface area contributed by atoms with Gasteiger partial charge in [0.2, 0.25) is 0 Å². The van der Waals surface area contributed by atoms with E-state index in [2.05, 4.69) is 13.8 Å². The van der Waals surface area contributed by atoms with Crippen molar-refractivity contribution in [1.82, 2.24) is 0 Å². The van der Waals surface area contributed by atoms with Gasteiger partial charge in [0.15, 0.2) is 6.10 Å². The van der Waals surface area contributed by atoms with Crippen molar-refractivity contribution in [3.05, 3.63) is 35.5 Å². The first kappa shape index (κ1) is 20.2. The van der Waals surface area contributed by atoms with E-state index in [-0.39, 0.29) is 5.57 Å². The van der Waals surface area contributed by atoms with Crippen molar-refractivity contribution in [2.24, 2.45) is 5.92 Å². The van der Waals surface area contributed by atoms with Gasteiger partial charge < -0.3 is 14.9 Å². The summed E-state index contributed by atoms with van der Waals surface area (Å²) < 4.78 is 5.12. The third-order valence-corrected chi connectivity index (χ3v) is 4.07. The van der Waals surface area contributed by atoms with Gasteiger partial charge >= 0.3 is 11.9 Å². The number of rotatable bonds is 10. The lowest BCUT2D eigenvalue weighted by Crippen LogP contribution is -2.27. The number of carboxylic acid groups (broad SMARTS) is 1. The summed E-state index contributed by atoms with van der Waals surface area (Å²) in [5, 5.41) is 19.0. The minimum Gasteiger partial charge on any atom is -0.478 e. The van der Waals surface area contributed by atoms with Crippen molar-refractivity contribution in [3.8, 4) is 0 Å². The zero-order chi connectivity index (χ0) is 18.1. The molecule has 134 valence electrons. The zero-order valence-corrected chi connectivity index (χ0v) is 14.7. The smallest absolute Gasteiger partial charge is 0.338 e. The number of aliphatic hydroxyl groups is 1. The molecule has 0 radical (unpaired) electrons. The molecule has 0 saturated carbocycles. The summed E-state index contributed by atoms with van der Waals surface area (Å²) in [6.07, 6.45) is 9.77. The number of cyclic esters (lactones) is 1. The summed E-state index contributed by atoms with van der Waals surface area (Å²) in [7, 11) is 0. The summed E-state index contributed by atoms with van der Waals surface area (Å²) in [5.41, 5.74) is 0.914. The Morgan fingerprint density at radius 1 is 1.38 bits per heavy atom. The first-order valence-electron chi connectivity index (χ1n) is 8.55. The van der Waals surface area contributed by atoms with Crippen LogP contribution in [0.4, 0.5) is 0 Å². The van der Waals surface area contributed by atoms with Crippen molar-refractivity contribution >= 4 is 11.9 Å². The highest BCUT2D eigenvalue weighted by Crippen LogP contribution is 2.23. The number of esters is 1. The van der Waals surface area contributed by atoms with Gasteiger partial charge in [-0.15, -0.1) is 0 Å². The average molecular weight is 336 g/mol. The lowest BCUT2D eigenvalue weighted by Gasteiger charge is -2.18. The van der Waals surface area contributed by atoms with E-state index < -0.39 is 24.1 Å². The van der Waals surface area contributed by atoms with Gasteiger partial charge in [0.1, 0.15) is 6.10 Å². The van der Waals surface area contributed by atoms with E-state index in [0.29, 0.717) is 5.92 Å². The molecule has 5 nitrogen and oxygen atoms in total. The normalized spacial score (nSPS) is 20.8. The molecule has 0 saturated heterocycles. The standard InChI is InChI=1S/C19H28O5/c1-4-5-6-7-8-13(2)11-14(3)18(22)16-12-15(19(23)24-16)9-10-17(20)21/h9-13,16,18,22H,4-8H2,1-3H3,(H,20,21)/b10-9+,14-11+/t13?,16-,18+/m0/s1. The lowest BCUT2D eigenvalue weighted by atomic mass is 9.96. The van der Waals surface area contributed by atoms with Crippen LogP contribution in [-0.2, 0) is 14.3 Å². The molecule has 0 aromatic heterocycles. The molecule has 2 N–H and O–H groups in total. The fourth-order valence-electron chi connectivity index (χ4n) is 2.69. The molecule has 5 heteroatoms. The molecule has 3 atom stereocenters. The molecular weight excluding hydrogens is 308 g/mol. The summed E-state index contributed by atoms with van der Waals surface area (Å²) >= 11 is 0. The predicted octanol–water partition coefficient (Wildman–Crippen LogP) is 3.39. The second-order valence-electron chi connectivity index (χ2n) is 6.35. The number of hydrogen-bond donors (Lipinski definition) is 2. The van der Waals surface area contributed by atoms with E-state index in [0.717, 1.165) is 24.5 Å². The van der Waals surface area contributed by atoms with Crippen molar-refractivity contribution in [2.75, 3.05) is 0 Å². The topological polar surface area (TPSA) is 83.8 Å². The number of aliphatic carboxylic acids is 1. The Morgan fingerprint density at radius 3 is 2.71 bits per heavy atom. The van der Waals surface area contributed by atoms with Gasteiger partial charge in [0.05, 0.1) is 5.57 Å². The Bertz CT molecular complexity index is 530. The van der Waals surface area contributed by atoms with Gasteiger partial charge in [-0.05, 0) is 37.0 Å². The number of carboxylic acids is 1. The van der Waals surface area contributed by atoms with E-state index in [1.54, 1.807) is 0 Å². The van der Waals surface area contributed by atoms with Crippen LogP contribution in [0.1, 0.15) is 52.9 Å². The molecule has 0 aromatic rings. The SMILES string of the molecule is CCCCCCC(C)/C=C(\C)[C@@H](O)[C@@H]1C=C(/C=C/C(=O)O)C(=O)O1. The molecule has 24 heavy (non-hydrogen) atoms. The molecular formula is C19H28O5. The minimum absolute atomic E-state index is 0.155. The summed E-state index contributed by atoms with van der Waals surface area (Å²) in [4.78, 5) is 22.2. The zero-order valence-electron chi connectivity index (χ0n) is 14.7. The van der Waals surface area contributed by atoms with Crippen LogP contribution in [-0.4, -0.2) is 34.4 Å². The van der Waals surface area contributed by atoms with Crippen LogP contribution in [0.15, 0.2) is 35.5 Å². The molecule has 0 spiro atoms. The first-order valence-corrected chi connectivity index (χ1v) is 8.55. The van der Waals surface area contributed by atoms with Crippen molar-refractivity contribution in [2.45, 2.75) is 65.1 Å². The number of unbranched alkanes of at least 4 members (excludes halogenated alkanes) is 3. The average Bonchev–Trinajstić information content (AvgIpc) is 2.89. The van der Waals surface area contributed by atoms with E-state index in [4.69, 9.17) is 9.84 Å². The molecule has 0 bridgehead atoms. The maximum Gasteiger partial charge on any atom is 0.338 e. The maximum absolute atomic E-state index is 11.7. The van der Waals surface area contributed by atoms with Crippen LogP contribution >= 0.6 is 0 Å². The quantitative estimate of drug-likeness (QED) is 0.276. The predicted molar refractivity (Wildman–Crippen MR) is 92.4 cm³/mol. The number of aliphatic hydroxyl groups excluding tert-OH is 1. The van der Waals surface area contributed by atoms with Crippen LogP contribution in [0.25, 0.3) is 0 Å². The summed E-state index contributed by atoms with van der Waals surface area (Å²) in [6.45, 7) is 6.11. The van der Waals surface area contributed by atoms with Gasteiger partial charge in [0.25, 0.3) is 0 Å². The lowest BCUT2D eigenvalue weighted by molar-refractivity contribution is -0.142. The molecule has 1 heterocycles. The number of allylic oxidation sites excluding steroid dienone is 1. The van der Waals surface area contributed by atoms with Gasteiger partial charge in [-0.2, -0.15) is 0 Å². The molecule has 1 unspecified atom stereocenters. The monoisotopic (exact) mass is 336 g/mol. The second kappa shape index (κ2) is 10.1. The van der Waals surface area contributed by atoms with E-state index >= 15 is 0 Å². The highest BCUT2D eigenvalue weighted by atomic mass is 16.6. The minimum atomic E-state index is -1.14. The van der Waals surface area contributed by atoms with Crippen molar-refractivity contribution < 1.29 is 24.5 Å². The summed E-state index contributed by atoms with van der Waals surface area (Å²) in [6, 6.07) is 0. The van der Waals surface area contributed by atoms with E-state index in [1.807, 2.05) is 13.0 Å². The van der Waals surface area contributed by atoms with Crippen molar-refractivity contribution in [1.29, 1.82) is 0 Å². The third kappa shape index (κ3) is 6.71. The number of carbonyl (C=O) groups is 2. The molecule has 0 fully saturated rings. The van der Waals surface area contributed by atoms with Gasteiger partial charge in [-0.25, -0.2) is 9.59 Å². The van der Waals surface area contributed by atoms with E-state index in [1.165, 1.54) is 31.4 Å². The van der Waals surface area contributed by atoms with Crippen LogP contribution in [0.5, 0.6) is 0 Å². The van der Waals surface area contributed by atoms with Gasteiger partial charge in [0, 0.05) is 6.08 Å². The second-order valence-corrected chi connectivity index (χ2v) is 6.35. The molecule has 0 aromatic carbocycles. The molecule has 1 aliphatic rings. The Kier molecular flexibility index (Phi) is 8.47. The third-order valence-electron chi connectivity index (χ3n) is 4.07. The Morgan fingerprint density at radius 2 is 2.08 bits per heavy atom. The van der Waals surface area contributed by atoms with Crippen LogP contribution in [0, 0.1) is 5.92 Å². The van der Waals surface area contributed by atoms with Crippen LogP contribution in [0.3, 0.4) is 0 Å². The number of carbonyl (C=O) groups excluding carboxylic acids is 1. The summed E-state index contributed by atoms with van der Waals surface area (Å²) in [5.74, 6) is -1.40. The Hall–Kier alpha value is -1.88. The molecule has 1 aliphatic heterocycles.